The van der Waals surface area contributed by atoms with Crippen molar-refractivity contribution >= 4 is 32.6 Å². The van der Waals surface area contributed by atoms with Crippen molar-refractivity contribution in [3.05, 3.63) is 63.3 Å². The average molecular weight is 532 g/mol. The summed E-state index contributed by atoms with van der Waals surface area (Å²) in [6, 6.07) is 11.1. The van der Waals surface area contributed by atoms with E-state index in [2.05, 4.69) is 34.8 Å². The van der Waals surface area contributed by atoms with Crippen LogP contribution in [0.2, 0.25) is 0 Å². The van der Waals surface area contributed by atoms with Crippen LogP contribution in [0.15, 0.2) is 40.9 Å². The minimum atomic E-state index is -1.42. The number of hydrogen-bond donors (Lipinski definition) is 4. The quantitative estimate of drug-likeness (QED) is 0.408. The number of carbonyl (C=O) groups is 1. The van der Waals surface area contributed by atoms with Crippen LogP contribution in [0.3, 0.4) is 0 Å². The van der Waals surface area contributed by atoms with Crippen molar-refractivity contribution in [2.45, 2.75) is 50.0 Å². The van der Waals surface area contributed by atoms with Gasteiger partial charge in [-0.25, -0.2) is 0 Å². The summed E-state index contributed by atoms with van der Waals surface area (Å²) in [6.07, 6.45) is -6.11. The number of aromatic nitrogens is 1. The largest absolute Gasteiger partial charge is 0.491 e. The molecule has 5 atom stereocenters. The summed E-state index contributed by atoms with van der Waals surface area (Å²) in [5, 5.41) is 31.2. The Bertz CT molecular complexity index is 1270. The van der Waals surface area contributed by atoms with E-state index in [0.717, 1.165) is 26.6 Å². The van der Waals surface area contributed by atoms with Gasteiger partial charge < -0.3 is 34.5 Å². The van der Waals surface area contributed by atoms with Gasteiger partial charge in [0.1, 0.15) is 36.8 Å². The van der Waals surface area contributed by atoms with Gasteiger partial charge >= 0.3 is 0 Å². The van der Waals surface area contributed by atoms with Crippen LogP contribution in [0.4, 0.5) is 0 Å². The first-order valence-corrected chi connectivity index (χ1v) is 11.8. The zero-order valence-corrected chi connectivity index (χ0v) is 20.5. The van der Waals surface area contributed by atoms with Gasteiger partial charge in [-0.3, -0.25) is 4.79 Å². The highest BCUT2D eigenvalue weighted by atomic mass is 79.9. The molecule has 0 bridgehead atoms. The number of benzene rings is 2. The molecule has 0 amide bonds. The molecule has 5 rings (SSSR count). The molecule has 1 unspecified atom stereocenters. The van der Waals surface area contributed by atoms with Gasteiger partial charge in [-0.2, -0.15) is 0 Å². The summed E-state index contributed by atoms with van der Waals surface area (Å²) < 4.78 is 17.4. The van der Waals surface area contributed by atoms with Gasteiger partial charge in [0.15, 0.2) is 12.1 Å². The Morgan fingerprint density at radius 1 is 1.09 bits per heavy atom. The summed E-state index contributed by atoms with van der Waals surface area (Å²) in [7, 11) is 1.34. The third kappa shape index (κ3) is 3.59. The van der Waals surface area contributed by atoms with Crippen LogP contribution in [0, 0.1) is 0 Å². The normalized spacial score (nSPS) is 28.0. The highest BCUT2D eigenvalue weighted by molar-refractivity contribution is 9.10. The second kappa shape index (κ2) is 8.44. The van der Waals surface area contributed by atoms with E-state index in [9.17, 15) is 20.1 Å². The molecule has 3 aromatic rings. The third-order valence-electron chi connectivity index (χ3n) is 6.84. The number of carbonyl (C=O) groups excluding carboxylic acids is 1. The number of aliphatic hydroxyl groups is 3. The van der Waals surface area contributed by atoms with Crippen molar-refractivity contribution in [2.75, 3.05) is 13.7 Å². The highest BCUT2D eigenvalue weighted by Crippen LogP contribution is 2.45. The van der Waals surface area contributed by atoms with E-state index in [1.54, 1.807) is 12.1 Å². The van der Waals surface area contributed by atoms with Crippen LogP contribution in [0.25, 0.3) is 10.9 Å². The average Bonchev–Trinajstić information content (AvgIpc) is 3.20. The molecule has 0 saturated carbocycles. The van der Waals surface area contributed by atoms with E-state index in [1.807, 2.05) is 24.3 Å². The highest BCUT2D eigenvalue weighted by Gasteiger charge is 2.44. The van der Waals surface area contributed by atoms with Gasteiger partial charge in [0, 0.05) is 39.2 Å². The monoisotopic (exact) mass is 531 g/mol. The number of ether oxygens (including phenoxy) is 3. The van der Waals surface area contributed by atoms with Gasteiger partial charge in [0.25, 0.3) is 0 Å². The number of aliphatic hydroxyl groups excluding tert-OH is 3. The van der Waals surface area contributed by atoms with Crippen LogP contribution in [0.5, 0.6) is 5.75 Å². The number of nitrogens with one attached hydrogen (secondary N) is 1. The molecule has 2 aromatic carbocycles. The predicted octanol–water partition coefficient (Wildman–Crippen LogP) is 2.63. The van der Waals surface area contributed by atoms with Crippen LogP contribution >= 0.6 is 15.9 Å². The van der Waals surface area contributed by atoms with E-state index in [1.165, 1.54) is 7.11 Å². The number of hydrogen-bond acceptors (Lipinski definition) is 7. The smallest absolute Gasteiger partial charge is 0.195 e. The fourth-order valence-electron chi connectivity index (χ4n) is 4.90. The lowest BCUT2D eigenvalue weighted by Gasteiger charge is -2.39. The van der Waals surface area contributed by atoms with Crippen molar-refractivity contribution in [1.29, 1.82) is 0 Å². The molecule has 1 saturated heterocycles. The first-order valence-electron chi connectivity index (χ1n) is 11.0. The molecule has 0 spiro atoms. The molecule has 9 heteroatoms. The SMILES string of the molecule is CO[C@H]1O[C@H](COc2ccc3c(c2)C(C)(C)c2[nH]c4cc(Br)ccc4c2C3=O)[C@@H](O)[C@H](O)C1O. The van der Waals surface area contributed by atoms with Crippen molar-refractivity contribution in [3.8, 4) is 5.75 Å². The Morgan fingerprint density at radius 2 is 1.85 bits per heavy atom. The molecule has 1 fully saturated rings. The Kier molecular flexibility index (Phi) is 5.83. The van der Waals surface area contributed by atoms with Crippen LogP contribution in [-0.2, 0) is 14.9 Å². The van der Waals surface area contributed by atoms with E-state index in [0.29, 0.717) is 16.9 Å². The second-order valence-electron chi connectivity index (χ2n) is 9.29. The summed E-state index contributed by atoms with van der Waals surface area (Å²) >= 11 is 3.49. The molecule has 8 nitrogen and oxygen atoms in total. The Balaban J connectivity index is 1.44. The van der Waals surface area contributed by atoms with Gasteiger partial charge in [-0.1, -0.05) is 35.8 Å². The van der Waals surface area contributed by atoms with Gasteiger partial charge in [-0.15, -0.1) is 0 Å². The van der Waals surface area contributed by atoms with Crippen molar-refractivity contribution in [3.63, 3.8) is 0 Å². The summed E-state index contributed by atoms with van der Waals surface area (Å²) in [5.41, 5.74) is 3.36. The van der Waals surface area contributed by atoms with Crippen LogP contribution in [0.1, 0.15) is 41.0 Å². The van der Waals surface area contributed by atoms with Crippen molar-refractivity contribution in [2.24, 2.45) is 0 Å². The fourth-order valence-corrected chi connectivity index (χ4v) is 5.26. The maximum absolute atomic E-state index is 13.5. The van der Waals surface area contributed by atoms with Crippen molar-refractivity contribution < 1.29 is 34.3 Å². The lowest BCUT2D eigenvalue weighted by molar-refractivity contribution is -0.293. The van der Waals surface area contributed by atoms with E-state index < -0.39 is 36.1 Å². The molecule has 180 valence electrons. The molecule has 1 aliphatic heterocycles. The maximum atomic E-state index is 13.5. The lowest BCUT2D eigenvalue weighted by atomic mass is 9.71. The molecule has 2 aliphatic rings. The summed E-state index contributed by atoms with van der Waals surface area (Å²) in [5.74, 6) is 0.447. The molecule has 1 aliphatic carbocycles. The van der Waals surface area contributed by atoms with Gasteiger partial charge in [-0.05, 0) is 35.9 Å². The fraction of sp³-hybridized carbons (Fsp3) is 0.400. The van der Waals surface area contributed by atoms with Crippen LogP contribution < -0.4 is 4.74 Å². The first kappa shape index (κ1) is 23.5. The number of H-pyrrole nitrogens is 1. The second-order valence-corrected chi connectivity index (χ2v) is 10.2. The molecule has 0 radical (unpaired) electrons. The van der Waals surface area contributed by atoms with Crippen molar-refractivity contribution in [1.82, 2.24) is 4.98 Å². The Labute approximate surface area is 204 Å². The predicted molar refractivity (Wildman–Crippen MR) is 127 cm³/mol. The number of rotatable bonds is 4. The van der Waals surface area contributed by atoms with Gasteiger partial charge in [0.05, 0.1) is 5.56 Å². The number of aromatic amines is 1. The number of methoxy groups -OCH3 is 1. The molecular weight excluding hydrogens is 506 g/mol. The Hall–Kier alpha value is -2.27. The number of ketones is 1. The number of fused-ring (bicyclic) bond motifs is 4. The molecule has 1 aromatic heterocycles. The molecule has 4 N–H and O–H groups in total. The Morgan fingerprint density at radius 3 is 2.59 bits per heavy atom. The molecule has 2 heterocycles. The first-order chi connectivity index (χ1) is 16.1. The zero-order chi connectivity index (χ0) is 24.4. The molecule has 34 heavy (non-hydrogen) atoms. The minimum Gasteiger partial charge on any atom is -0.491 e. The molecular formula is C25H26BrNO7. The summed E-state index contributed by atoms with van der Waals surface area (Å²) in [4.78, 5) is 16.9. The van der Waals surface area contributed by atoms with E-state index in [-0.39, 0.29) is 12.4 Å². The van der Waals surface area contributed by atoms with Gasteiger partial charge in [0.2, 0.25) is 0 Å². The number of halogens is 1. The maximum Gasteiger partial charge on any atom is 0.195 e. The third-order valence-corrected chi connectivity index (χ3v) is 7.33. The minimum absolute atomic E-state index is 0.0458. The van der Waals surface area contributed by atoms with Crippen LogP contribution in [-0.4, -0.2) is 70.5 Å². The lowest BCUT2D eigenvalue weighted by Crippen LogP contribution is -2.59. The van der Waals surface area contributed by atoms with E-state index >= 15 is 0 Å². The summed E-state index contributed by atoms with van der Waals surface area (Å²) in [6.45, 7) is 4.03. The topological polar surface area (TPSA) is 121 Å². The zero-order valence-electron chi connectivity index (χ0n) is 18.9. The van der Waals surface area contributed by atoms with E-state index in [4.69, 9.17) is 14.2 Å². The standard InChI is InChI=1S/C25H26BrNO7/c1-25(2)15-9-12(33-10-17-20(29)21(30)22(31)24(32-3)34-17)5-7-13(15)19(28)18-14-6-4-11(26)8-16(14)27-23(18)25/h4-9,17,20-22,24,27,29-31H,10H2,1-3H3/t17-,20-,21+,22?,24+/m1/s1.